The molecule has 1 atom stereocenters. The lowest BCUT2D eigenvalue weighted by molar-refractivity contribution is -0.128. The number of pyridine rings is 1. The van der Waals surface area contributed by atoms with Crippen molar-refractivity contribution in [3.8, 4) is 0 Å². The van der Waals surface area contributed by atoms with Gasteiger partial charge >= 0.3 is 0 Å². The molecule has 2 aromatic heterocycles. The van der Waals surface area contributed by atoms with Gasteiger partial charge < -0.3 is 14.3 Å². The molecule has 26 heavy (non-hydrogen) atoms. The highest BCUT2D eigenvalue weighted by molar-refractivity contribution is 5.93. The summed E-state index contributed by atoms with van der Waals surface area (Å²) in [5, 5.41) is 3.85. The molecule has 1 unspecified atom stereocenters. The van der Waals surface area contributed by atoms with Crippen LogP contribution in [0.4, 0.5) is 4.39 Å². The normalized spacial score (nSPS) is 21.1. The Kier molecular flexibility index (Phi) is 3.74. The van der Waals surface area contributed by atoms with E-state index in [1.54, 1.807) is 16.7 Å². The van der Waals surface area contributed by atoms with Gasteiger partial charge in [-0.25, -0.2) is 9.37 Å². The van der Waals surface area contributed by atoms with Crippen LogP contribution in [0.3, 0.4) is 0 Å². The third kappa shape index (κ3) is 2.63. The summed E-state index contributed by atoms with van der Waals surface area (Å²) >= 11 is 0. The third-order valence-electron chi connectivity index (χ3n) is 5.18. The van der Waals surface area contributed by atoms with Crippen LogP contribution in [0.1, 0.15) is 35.0 Å². The molecule has 2 aromatic rings. The molecule has 9 heteroatoms. The van der Waals surface area contributed by atoms with E-state index in [1.807, 2.05) is 0 Å². The summed E-state index contributed by atoms with van der Waals surface area (Å²) in [7, 11) is 0. The maximum atomic E-state index is 13.0. The summed E-state index contributed by atoms with van der Waals surface area (Å²) in [6, 6.07) is 2.59. The van der Waals surface area contributed by atoms with Crippen LogP contribution in [0, 0.1) is 18.2 Å². The molecule has 0 saturated carbocycles. The van der Waals surface area contributed by atoms with Gasteiger partial charge in [0.2, 0.25) is 11.8 Å². The monoisotopic (exact) mass is 359 g/mol. The molecule has 2 amide bonds. The molecule has 2 fully saturated rings. The summed E-state index contributed by atoms with van der Waals surface area (Å²) in [5.41, 5.74) is -0.104. The summed E-state index contributed by atoms with van der Waals surface area (Å²) < 4.78 is 18.3. The lowest BCUT2D eigenvalue weighted by atomic mass is 9.71. The highest BCUT2D eigenvalue weighted by Crippen LogP contribution is 2.49. The maximum Gasteiger partial charge on any atom is 0.272 e. The minimum absolute atomic E-state index is 0.0203. The van der Waals surface area contributed by atoms with Gasteiger partial charge in [0, 0.05) is 38.5 Å². The quantitative estimate of drug-likeness (QED) is 0.794. The first-order valence-corrected chi connectivity index (χ1v) is 8.34. The number of hydrogen-bond acceptors (Lipinski definition) is 6. The first-order valence-electron chi connectivity index (χ1n) is 8.34. The number of hydrogen-bond donors (Lipinski definition) is 0. The molecular formula is C17H18FN5O3. The van der Waals surface area contributed by atoms with Crippen LogP contribution in [0.5, 0.6) is 0 Å². The number of carbonyl (C=O) groups is 2. The Morgan fingerprint density at radius 2 is 2.00 bits per heavy atom. The standard InChI is InChI=1S/C17H18FN5O3/c1-10-20-15(26-21-10)13-6-22(11(2)24)7-17(13)8-23(9-17)16(25)14-4-3-12(18)5-19-14/h3-5,13H,6-9H2,1-2H3. The van der Waals surface area contributed by atoms with Crippen LogP contribution in [-0.4, -0.2) is 62.9 Å². The summed E-state index contributed by atoms with van der Waals surface area (Å²) in [6.45, 7) is 5.22. The fourth-order valence-electron chi connectivity index (χ4n) is 3.85. The molecule has 8 nitrogen and oxygen atoms in total. The Hall–Kier alpha value is -2.84. The average molecular weight is 359 g/mol. The number of aryl methyl sites for hydroxylation is 1. The second-order valence-corrected chi connectivity index (χ2v) is 7.02. The van der Waals surface area contributed by atoms with Crippen molar-refractivity contribution in [2.45, 2.75) is 19.8 Å². The van der Waals surface area contributed by atoms with Crippen molar-refractivity contribution in [1.82, 2.24) is 24.9 Å². The van der Waals surface area contributed by atoms with Crippen molar-refractivity contribution in [3.63, 3.8) is 0 Å². The number of likely N-dealkylation sites (tertiary alicyclic amines) is 2. The number of rotatable bonds is 2. The molecule has 0 N–H and O–H groups in total. The number of carbonyl (C=O) groups excluding carboxylic acids is 2. The van der Waals surface area contributed by atoms with Crippen LogP contribution in [0.15, 0.2) is 22.9 Å². The number of amides is 2. The van der Waals surface area contributed by atoms with Gasteiger partial charge in [0.15, 0.2) is 5.82 Å². The Bertz CT molecular complexity index is 860. The van der Waals surface area contributed by atoms with Crippen molar-refractivity contribution in [2.24, 2.45) is 5.41 Å². The van der Waals surface area contributed by atoms with E-state index in [0.29, 0.717) is 37.9 Å². The SMILES string of the molecule is CC(=O)N1CC(c2nc(C)no2)C2(C1)CN(C(=O)c1ccc(F)cn1)C2. The molecular weight excluding hydrogens is 341 g/mol. The molecule has 2 aliphatic heterocycles. The average Bonchev–Trinajstić information content (AvgIpc) is 3.17. The molecule has 4 heterocycles. The first-order chi connectivity index (χ1) is 12.4. The lowest BCUT2D eigenvalue weighted by Crippen LogP contribution is -2.61. The Morgan fingerprint density at radius 3 is 2.58 bits per heavy atom. The zero-order valence-electron chi connectivity index (χ0n) is 14.5. The maximum absolute atomic E-state index is 13.0. The molecule has 0 aromatic carbocycles. The molecule has 1 spiro atoms. The largest absolute Gasteiger partial charge is 0.341 e. The van der Waals surface area contributed by atoms with Crippen molar-refractivity contribution < 1.29 is 18.5 Å². The van der Waals surface area contributed by atoms with Crippen molar-refractivity contribution in [3.05, 3.63) is 41.6 Å². The van der Waals surface area contributed by atoms with Gasteiger partial charge in [-0.2, -0.15) is 4.98 Å². The van der Waals surface area contributed by atoms with Crippen molar-refractivity contribution >= 4 is 11.8 Å². The highest BCUT2D eigenvalue weighted by Gasteiger charge is 2.58. The molecule has 4 rings (SSSR count). The fraction of sp³-hybridized carbons (Fsp3) is 0.471. The van der Waals surface area contributed by atoms with Crippen LogP contribution in [-0.2, 0) is 4.79 Å². The first kappa shape index (κ1) is 16.6. The Morgan fingerprint density at radius 1 is 1.27 bits per heavy atom. The predicted molar refractivity (Wildman–Crippen MR) is 86.6 cm³/mol. The Balaban J connectivity index is 1.54. The van der Waals surface area contributed by atoms with E-state index in [2.05, 4.69) is 15.1 Å². The lowest BCUT2D eigenvalue weighted by Gasteiger charge is -2.49. The topological polar surface area (TPSA) is 92.4 Å². The van der Waals surface area contributed by atoms with E-state index >= 15 is 0 Å². The van der Waals surface area contributed by atoms with Crippen molar-refractivity contribution in [1.29, 1.82) is 0 Å². The molecule has 136 valence electrons. The summed E-state index contributed by atoms with van der Waals surface area (Å²) in [6.07, 6.45) is 1.03. The highest BCUT2D eigenvalue weighted by atomic mass is 19.1. The zero-order valence-corrected chi connectivity index (χ0v) is 14.5. The van der Waals surface area contributed by atoms with E-state index in [-0.39, 0.29) is 28.8 Å². The molecule has 0 bridgehead atoms. The number of nitrogens with zero attached hydrogens (tertiary/aromatic N) is 5. The van der Waals surface area contributed by atoms with Gasteiger partial charge in [0.05, 0.1) is 12.1 Å². The van der Waals surface area contributed by atoms with E-state index < -0.39 is 5.82 Å². The summed E-state index contributed by atoms with van der Waals surface area (Å²) in [5.74, 6) is 0.169. The number of halogens is 1. The van der Waals surface area contributed by atoms with Gasteiger partial charge in [-0.3, -0.25) is 9.59 Å². The molecule has 2 saturated heterocycles. The van der Waals surface area contributed by atoms with Gasteiger partial charge in [0.25, 0.3) is 5.91 Å². The molecule has 0 aliphatic carbocycles. The van der Waals surface area contributed by atoms with Crippen molar-refractivity contribution in [2.75, 3.05) is 26.2 Å². The second kappa shape index (κ2) is 5.86. The van der Waals surface area contributed by atoms with Crippen LogP contribution in [0.25, 0.3) is 0 Å². The smallest absolute Gasteiger partial charge is 0.272 e. The van der Waals surface area contributed by atoms with Gasteiger partial charge in [-0.15, -0.1) is 0 Å². The fourth-order valence-corrected chi connectivity index (χ4v) is 3.85. The predicted octanol–water partition coefficient (Wildman–Crippen LogP) is 1.00. The van der Waals surface area contributed by atoms with E-state index in [4.69, 9.17) is 4.52 Å². The van der Waals surface area contributed by atoms with Crippen LogP contribution >= 0.6 is 0 Å². The zero-order chi connectivity index (χ0) is 18.5. The third-order valence-corrected chi connectivity index (χ3v) is 5.18. The molecule has 0 radical (unpaired) electrons. The van der Waals surface area contributed by atoms with E-state index in [1.165, 1.54) is 19.1 Å². The van der Waals surface area contributed by atoms with Crippen LogP contribution in [0.2, 0.25) is 0 Å². The number of aromatic nitrogens is 3. The molecule has 2 aliphatic rings. The van der Waals surface area contributed by atoms with Gasteiger partial charge in [-0.1, -0.05) is 5.16 Å². The van der Waals surface area contributed by atoms with E-state index in [9.17, 15) is 14.0 Å². The Labute approximate surface area is 149 Å². The van der Waals surface area contributed by atoms with Gasteiger partial charge in [0.1, 0.15) is 11.5 Å². The summed E-state index contributed by atoms with van der Waals surface area (Å²) in [4.78, 5) is 36.0. The second-order valence-electron chi connectivity index (χ2n) is 7.02. The van der Waals surface area contributed by atoms with Gasteiger partial charge in [-0.05, 0) is 19.1 Å². The minimum atomic E-state index is -0.485. The minimum Gasteiger partial charge on any atom is -0.341 e. The van der Waals surface area contributed by atoms with Crippen LogP contribution < -0.4 is 0 Å². The van der Waals surface area contributed by atoms with E-state index in [0.717, 1.165) is 6.20 Å².